The third-order valence-corrected chi connectivity index (χ3v) is 4.02. The normalized spacial score (nSPS) is 15.5. The van der Waals surface area contributed by atoms with Gasteiger partial charge in [0.15, 0.2) is 0 Å². The predicted molar refractivity (Wildman–Crippen MR) is 70.8 cm³/mol. The molecular formula is C13H20FNOS. The van der Waals surface area contributed by atoms with Gasteiger partial charge in [0.05, 0.1) is 22.4 Å². The SMILES string of the molecule is CC(C)(C)[S@@](=O)N[C@H](CCF)c1ccccc1. The molecule has 0 unspecified atom stereocenters. The summed E-state index contributed by atoms with van der Waals surface area (Å²) in [6.07, 6.45) is 0.339. The summed E-state index contributed by atoms with van der Waals surface area (Å²) >= 11 is 0. The maximum Gasteiger partial charge on any atom is 0.0975 e. The zero-order valence-electron chi connectivity index (χ0n) is 10.6. The molecule has 0 bridgehead atoms. The lowest BCUT2D eigenvalue weighted by Gasteiger charge is -2.24. The molecule has 0 radical (unpaired) electrons. The average molecular weight is 257 g/mol. The van der Waals surface area contributed by atoms with Gasteiger partial charge in [-0.15, -0.1) is 0 Å². The van der Waals surface area contributed by atoms with Crippen LogP contribution in [0, 0.1) is 0 Å². The number of halogens is 1. The van der Waals surface area contributed by atoms with E-state index in [2.05, 4.69) is 4.72 Å². The Labute approximate surface area is 105 Å². The summed E-state index contributed by atoms with van der Waals surface area (Å²) in [5, 5.41) is 0. The fourth-order valence-corrected chi connectivity index (χ4v) is 2.26. The van der Waals surface area contributed by atoms with Gasteiger partial charge in [0, 0.05) is 6.04 Å². The second kappa shape index (κ2) is 6.26. The molecule has 1 aromatic carbocycles. The highest BCUT2D eigenvalue weighted by atomic mass is 32.2. The molecule has 96 valence electrons. The lowest BCUT2D eigenvalue weighted by Crippen LogP contribution is -2.36. The van der Waals surface area contributed by atoms with Gasteiger partial charge < -0.3 is 0 Å². The molecule has 0 aromatic heterocycles. The molecule has 0 spiro atoms. The largest absolute Gasteiger partial charge is 0.251 e. The molecule has 0 saturated heterocycles. The summed E-state index contributed by atoms with van der Waals surface area (Å²) in [6.45, 7) is 5.27. The van der Waals surface area contributed by atoms with Crippen LogP contribution in [0.5, 0.6) is 0 Å². The maximum absolute atomic E-state index is 12.5. The third kappa shape index (κ3) is 4.56. The Morgan fingerprint density at radius 3 is 2.35 bits per heavy atom. The van der Waals surface area contributed by atoms with Crippen molar-refractivity contribution in [1.29, 1.82) is 0 Å². The third-order valence-electron chi connectivity index (χ3n) is 2.41. The first-order valence-corrected chi connectivity index (χ1v) is 6.89. The maximum atomic E-state index is 12.5. The summed E-state index contributed by atoms with van der Waals surface area (Å²) in [6, 6.07) is 9.38. The highest BCUT2D eigenvalue weighted by Crippen LogP contribution is 2.20. The minimum Gasteiger partial charge on any atom is -0.251 e. The summed E-state index contributed by atoms with van der Waals surface area (Å²) in [7, 11) is -1.19. The van der Waals surface area contributed by atoms with Crippen molar-refractivity contribution >= 4 is 11.0 Å². The smallest absolute Gasteiger partial charge is 0.0975 e. The van der Waals surface area contributed by atoms with Crippen molar-refractivity contribution in [3.8, 4) is 0 Å². The molecular weight excluding hydrogens is 237 g/mol. The fraction of sp³-hybridized carbons (Fsp3) is 0.538. The van der Waals surface area contributed by atoms with E-state index in [0.717, 1.165) is 5.56 Å². The number of hydrogen-bond acceptors (Lipinski definition) is 1. The topological polar surface area (TPSA) is 29.1 Å². The van der Waals surface area contributed by atoms with Gasteiger partial charge >= 0.3 is 0 Å². The van der Waals surface area contributed by atoms with Crippen LogP contribution in [0.15, 0.2) is 30.3 Å². The molecule has 2 atom stereocenters. The van der Waals surface area contributed by atoms with E-state index < -0.39 is 17.7 Å². The van der Waals surface area contributed by atoms with E-state index in [0.29, 0.717) is 6.42 Å². The van der Waals surface area contributed by atoms with Gasteiger partial charge in [-0.1, -0.05) is 30.3 Å². The van der Waals surface area contributed by atoms with Crippen LogP contribution in [0.2, 0.25) is 0 Å². The minimum absolute atomic E-state index is 0.193. The number of benzene rings is 1. The van der Waals surface area contributed by atoms with E-state index >= 15 is 0 Å². The molecule has 2 nitrogen and oxygen atoms in total. The molecule has 0 amide bonds. The van der Waals surface area contributed by atoms with E-state index in [9.17, 15) is 8.60 Å². The summed E-state index contributed by atoms with van der Waals surface area (Å²) in [4.78, 5) is 0. The molecule has 0 fully saturated rings. The van der Waals surface area contributed by atoms with Gasteiger partial charge in [-0.2, -0.15) is 0 Å². The minimum atomic E-state index is -1.19. The molecule has 0 heterocycles. The number of nitrogens with one attached hydrogen (secondary N) is 1. The van der Waals surface area contributed by atoms with E-state index in [1.54, 1.807) is 0 Å². The summed E-state index contributed by atoms with van der Waals surface area (Å²) < 4.78 is 27.2. The average Bonchev–Trinajstić information content (AvgIpc) is 2.28. The van der Waals surface area contributed by atoms with E-state index in [-0.39, 0.29) is 10.8 Å². The van der Waals surface area contributed by atoms with Gasteiger partial charge in [0.1, 0.15) is 0 Å². The Balaban J connectivity index is 2.78. The van der Waals surface area contributed by atoms with Crippen molar-refractivity contribution in [3.63, 3.8) is 0 Å². The van der Waals surface area contributed by atoms with Crippen LogP contribution >= 0.6 is 0 Å². The van der Waals surface area contributed by atoms with Crippen molar-refractivity contribution in [2.24, 2.45) is 0 Å². The Bertz CT molecular complexity index is 361. The first kappa shape index (κ1) is 14.3. The Hall–Kier alpha value is -0.740. The summed E-state index contributed by atoms with van der Waals surface area (Å²) in [5.74, 6) is 0. The Morgan fingerprint density at radius 2 is 1.88 bits per heavy atom. The van der Waals surface area contributed by atoms with Crippen LogP contribution in [0.3, 0.4) is 0 Å². The highest BCUT2D eigenvalue weighted by molar-refractivity contribution is 7.84. The van der Waals surface area contributed by atoms with Crippen LogP contribution in [-0.4, -0.2) is 15.6 Å². The lowest BCUT2D eigenvalue weighted by atomic mass is 10.1. The van der Waals surface area contributed by atoms with E-state index in [1.165, 1.54) is 0 Å². The zero-order chi connectivity index (χ0) is 12.9. The molecule has 1 aromatic rings. The number of alkyl halides is 1. The van der Waals surface area contributed by atoms with Crippen molar-refractivity contribution in [2.45, 2.75) is 38.0 Å². The Morgan fingerprint density at radius 1 is 1.29 bits per heavy atom. The molecule has 0 aliphatic rings. The fourth-order valence-electron chi connectivity index (χ4n) is 1.39. The standard InChI is InChI=1S/C13H20FNOS/c1-13(2,3)17(16)15-12(9-10-14)11-7-5-4-6-8-11/h4-8,12,15H,9-10H2,1-3H3/t12-,17-/m1/s1. The predicted octanol–water partition coefficient (Wildman–Crippen LogP) is 3.14. The van der Waals surface area contributed by atoms with Gasteiger partial charge in [0.2, 0.25) is 0 Å². The van der Waals surface area contributed by atoms with Gasteiger partial charge in [0.25, 0.3) is 0 Å². The van der Waals surface area contributed by atoms with Crippen LogP contribution in [0.4, 0.5) is 4.39 Å². The van der Waals surface area contributed by atoms with Crippen molar-refractivity contribution < 1.29 is 8.60 Å². The van der Waals surface area contributed by atoms with Crippen molar-refractivity contribution in [2.75, 3.05) is 6.67 Å². The van der Waals surface area contributed by atoms with Gasteiger partial charge in [-0.3, -0.25) is 4.39 Å². The first-order chi connectivity index (χ1) is 7.95. The van der Waals surface area contributed by atoms with Crippen molar-refractivity contribution in [1.82, 2.24) is 4.72 Å². The molecule has 0 saturated carbocycles. The van der Waals surface area contributed by atoms with Crippen molar-refractivity contribution in [3.05, 3.63) is 35.9 Å². The summed E-state index contributed by atoms with van der Waals surface area (Å²) in [5.41, 5.74) is 0.975. The van der Waals surface area contributed by atoms with E-state index in [4.69, 9.17) is 0 Å². The number of rotatable bonds is 5. The monoisotopic (exact) mass is 257 g/mol. The zero-order valence-corrected chi connectivity index (χ0v) is 11.4. The van der Waals surface area contributed by atoms with Crippen LogP contribution in [0.1, 0.15) is 38.8 Å². The Kier molecular flexibility index (Phi) is 5.28. The molecule has 0 aliphatic carbocycles. The molecule has 17 heavy (non-hydrogen) atoms. The van der Waals surface area contributed by atoms with Gasteiger partial charge in [-0.05, 0) is 32.8 Å². The lowest BCUT2D eigenvalue weighted by molar-refractivity contribution is 0.429. The highest BCUT2D eigenvalue weighted by Gasteiger charge is 2.23. The second-order valence-corrected chi connectivity index (χ2v) is 6.94. The van der Waals surface area contributed by atoms with Crippen LogP contribution in [0.25, 0.3) is 0 Å². The first-order valence-electron chi connectivity index (χ1n) is 5.74. The molecule has 4 heteroatoms. The van der Waals surface area contributed by atoms with Crippen LogP contribution in [-0.2, 0) is 11.0 Å². The van der Waals surface area contributed by atoms with Gasteiger partial charge in [-0.25, -0.2) is 8.93 Å². The number of hydrogen-bond donors (Lipinski definition) is 1. The molecule has 1 N–H and O–H groups in total. The van der Waals surface area contributed by atoms with E-state index in [1.807, 2.05) is 51.1 Å². The van der Waals surface area contributed by atoms with Crippen LogP contribution < -0.4 is 4.72 Å². The molecule has 1 rings (SSSR count). The second-order valence-electron chi connectivity index (χ2n) is 4.94. The quantitative estimate of drug-likeness (QED) is 0.862. The molecule has 0 aliphatic heterocycles.